The van der Waals surface area contributed by atoms with Gasteiger partial charge in [-0.3, -0.25) is 0 Å². The van der Waals surface area contributed by atoms with Crippen molar-refractivity contribution < 1.29 is 4.74 Å². The molecule has 2 aliphatic heterocycles. The molecule has 0 aromatic carbocycles. The number of hydrogen-bond donors (Lipinski definition) is 0. The van der Waals surface area contributed by atoms with E-state index in [4.69, 9.17) is 4.74 Å². The van der Waals surface area contributed by atoms with Gasteiger partial charge in [0.25, 0.3) is 0 Å². The highest BCUT2D eigenvalue weighted by Gasteiger charge is 2.51. The maximum Gasteiger partial charge on any atom is 0.0808 e. The van der Waals surface area contributed by atoms with Gasteiger partial charge in [0.05, 0.1) is 11.2 Å². The first kappa shape index (κ1) is 19.0. The van der Waals surface area contributed by atoms with E-state index in [-0.39, 0.29) is 11.2 Å². The van der Waals surface area contributed by atoms with Gasteiger partial charge in [-0.2, -0.15) is 23.5 Å². The van der Waals surface area contributed by atoms with Gasteiger partial charge >= 0.3 is 0 Å². The Balaban J connectivity index is 1.58. The van der Waals surface area contributed by atoms with E-state index < -0.39 is 0 Å². The van der Waals surface area contributed by atoms with Crippen LogP contribution in [0.2, 0.25) is 0 Å². The van der Waals surface area contributed by atoms with Crippen LogP contribution in [0.3, 0.4) is 0 Å². The third kappa shape index (κ3) is 4.24. The average molecular weight is 383 g/mol. The quantitative estimate of drug-likeness (QED) is 0.519. The van der Waals surface area contributed by atoms with E-state index in [1.807, 2.05) is 0 Å². The van der Waals surface area contributed by atoms with Crippen molar-refractivity contribution in [3.8, 4) is 0 Å². The lowest BCUT2D eigenvalue weighted by atomic mass is 9.76. The second-order valence-electron chi connectivity index (χ2n) is 9.06. The molecule has 2 heterocycles. The molecule has 0 spiro atoms. The summed E-state index contributed by atoms with van der Waals surface area (Å²) in [7, 11) is 0. The molecular weight excluding hydrogens is 344 g/mol. The molecule has 144 valence electrons. The summed E-state index contributed by atoms with van der Waals surface area (Å²) < 4.78 is 7.54. The molecule has 2 saturated heterocycles. The molecule has 3 heteroatoms. The zero-order valence-electron chi connectivity index (χ0n) is 16.1. The van der Waals surface area contributed by atoms with Crippen LogP contribution in [0.25, 0.3) is 0 Å². The van der Waals surface area contributed by atoms with Crippen LogP contribution in [0.15, 0.2) is 0 Å². The summed E-state index contributed by atoms with van der Waals surface area (Å²) in [6, 6.07) is 0. The van der Waals surface area contributed by atoms with Crippen molar-refractivity contribution in [1.29, 1.82) is 0 Å². The van der Waals surface area contributed by atoms with E-state index >= 15 is 0 Å². The molecule has 1 nitrogen and oxygen atoms in total. The Kier molecular flexibility index (Phi) is 6.67. The van der Waals surface area contributed by atoms with Gasteiger partial charge in [0.2, 0.25) is 0 Å². The summed E-state index contributed by atoms with van der Waals surface area (Å²) in [5, 5.41) is 1.57. The predicted octanol–water partition coefficient (Wildman–Crippen LogP) is 6.98. The number of rotatable bonds is 4. The van der Waals surface area contributed by atoms with E-state index in [1.165, 1.54) is 114 Å². The van der Waals surface area contributed by atoms with E-state index in [2.05, 4.69) is 23.5 Å². The smallest absolute Gasteiger partial charge is 0.0808 e. The van der Waals surface area contributed by atoms with Crippen LogP contribution in [0, 0.1) is 0 Å². The summed E-state index contributed by atoms with van der Waals surface area (Å²) in [6.07, 6.45) is 22.5. The van der Waals surface area contributed by atoms with Crippen LogP contribution < -0.4 is 0 Å². The Bertz CT molecular complexity index is 362. The Hall–Kier alpha value is 0.660. The predicted molar refractivity (Wildman–Crippen MR) is 113 cm³/mol. The SMILES string of the molecule is C1CCC(OC2(C3CCCCS3)CCCCC2)(C2CCCCS2)CC1. The number of thioether (sulfide) groups is 2. The molecule has 0 bridgehead atoms. The molecule has 0 amide bonds. The molecule has 4 fully saturated rings. The Morgan fingerprint density at radius 1 is 0.520 bits per heavy atom. The second-order valence-corrected chi connectivity index (χ2v) is 11.7. The molecule has 2 atom stereocenters. The van der Waals surface area contributed by atoms with Gasteiger partial charge < -0.3 is 4.74 Å². The first-order valence-electron chi connectivity index (χ1n) is 11.3. The van der Waals surface area contributed by atoms with Crippen LogP contribution in [0.5, 0.6) is 0 Å². The highest BCUT2D eigenvalue weighted by atomic mass is 32.2. The van der Waals surface area contributed by atoms with Crippen molar-refractivity contribution in [3.05, 3.63) is 0 Å². The maximum absolute atomic E-state index is 7.54. The van der Waals surface area contributed by atoms with Gasteiger partial charge in [-0.25, -0.2) is 0 Å². The molecule has 25 heavy (non-hydrogen) atoms. The fourth-order valence-electron chi connectivity index (χ4n) is 6.00. The van der Waals surface area contributed by atoms with E-state index in [9.17, 15) is 0 Å². The molecular formula is C22H38OS2. The third-order valence-electron chi connectivity index (χ3n) is 7.34. The average Bonchev–Trinajstić information content (AvgIpc) is 2.71. The monoisotopic (exact) mass is 382 g/mol. The molecule has 0 aromatic rings. The lowest BCUT2D eigenvalue weighted by Crippen LogP contribution is -2.57. The summed E-state index contributed by atoms with van der Waals surface area (Å²) in [4.78, 5) is 0. The summed E-state index contributed by atoms with van der Waals surface area (Å²) in [6.45, 7) is 0. The third-order valence-corrected chi connectivity index (χ3v) is 10.5. The van der Waals surface area contributed by atoms with Gasteiger partial charge in [0.1, 0.15) is 0 Å². The summed E-state index contributed by atoms with van der Waals surface area (Å²) in [5.41, 5.74) is 0.442. The van der Waals surface area contributed by atoms with E-state index in [1.54, 1.807) is 0 Å². The molecule has 4 aliphatic rings. The highest BCUT2D eigenvalue weighted by molar-refractivity contribution is 8.00. The molecule has 0 radical (unpaired) electrons. The van der Waals surface area contributed by atoms with Crippen LogP contribution in [-0.4, -0.2) is 33.2 Å². The zero-order chi connectivity index (χ0) is 17.0. The minimum atomic E-state index is 0.221. The summed E-state index contributed by atoms with van der Waals surface area (Å²) >= 11 is 4.54. The van der Waals surface area contributed by atoms with Gasteiger partial charge in [-0.05, 0) is 62.9 Å². The lowest BCUT2D eigenvalue weighted by molar-refractivity contribution is -0.186. The Morgan fingerprint density at radius 3 is 1.32 bits per heavy atom. The van der Waals surface area contributed by atoms with E-state index in [0.29, 0.717) is 0 Å². The topological polar surface area (TPSA) is 9.23 Å². The van der Waals surface area contributed by atoms with Crippen molar-refractivity contribution in [2.45, 2.75) is 124 Å². The molecule has 2 saturated carbocycles. The molecule has 0 aromatic heterocycles. The van der Waals surface area contributed by atoms with Gasteiger partial charge in [-0.1, -0.05) is 51.4 Å². The van der Waals surface area contributed by atoms with Gasteiger partial charge in [0.15, 0.2) is 0 Å². The second kappa shape index (κ2) is 8.78. The van der Waals surface area contributed by atoms with Gasteiger partial charge in [-0.15, -0.1) is 0 Å². The van der Waals surface area contributed by atoms with Crippen LogP contribution in [-0.2, 0) is 4.74 Å². The maximum atomic E-state index is 7.54. The molecule has 4 rings (SSSR count). The van der Waals surface area contributed by atoms with Crippen molar-refractivity contribution >= 4 is 23.5 Å². The van der Waals surface area contributed by atoms with Crippen molar-refractivity contribution in [2.75, 3.05) is 11.5 Å². The largest absolute Gasteiger partial charge is 0.366 e. The fraction of sp³-hybridized carbons (Fsp3) is 1.00. The van der Waals surface area contributed by atoms with Crippen molar-refractivity contribution in [2.24, 2.45) is 0 Å². The molecule has 2 unspecified atom stereocenters. The minimum Gasteiger partial charge on any atom is -0.366 e. The first-order valence-corrected chi connectivity index (χ1v) is 13.4. The Labute approximate surface area is 164 Å². The Morgan fingerprint density at radius 2 is 0.960 bits per heavy atom. The van der Waals surface area contributed by atoms with Crippen molar-refractivity contribution in [3.63, 3.8) is 0 Å². The van der Waals surface area contributed by atoms with Crippen LogP contribution >= 0.6 is 23.5 Å². The van der Waals surface area contributed by atoms with Crippen LogP contribution in [0.1, 0.15) is 103 Å². The minimum absolute atomic E-state index is 0.221. The van der Waals surface area contributed by atoms with Crippen LogP contribution in [0.4, 0.5) is 0 Å². The lowest BCUT2D eigenvalue weighted by Gasteiger charge is -2.54. The normalized spacial score (nSPS) is 36.0. The standard InChI is InChI=1S/C22H38OS2/c1-5-13-21(14-6-1,19-11-3-9-17-24-19)23-22(15-7-2-8-16-22)20-12-4-10-18-25-20/h19-20H,1-18H2. The number of hydrogen-bond acceptors (Lipinski definition) is 3. The van der Waals surface area contributed by atoms with Crippen molar-refractivity contribution in [1.82, 2.24) is 0 Å². The fourth-order valence-corrected chi connectivity index (χ4v) is 9.15. The van der Waals surface area contributed by atoms with Gasteiger partial charge in [0, 0.05) is 10.5 Å². The van der Waals surface area contributed by atoms with E-state index in [0.717, 1.165) is 10.5 Å². The molecule has 0 N–H and O–H groups in total. The molecule has 2 aliphatic carbocycles. The highest BCUT2D eigenvalue weighted by Crippen LogP contribution is 2.52. The number of ether oxygens (including phenoxy) is 1. The first-order chi connectivity index (χ1) is 12.3. The summed E-state index contributed by atoms with van der Waals surface area (Å²) in [5.74, 6) is 2.75. The zero-order valence-corrected chi connectivity index (χ0v) is 17.7.